The number of hydrogen-bond donors (Lipinski definition) is 1. The van der Waals surface area contributed by atoms with E-state index >= 15 is 0 Å². The van der Waals surface area contributed by atoms with E-state index in [9.17, 15) is 0 Å². The van der Waals surface area contributed by atoms with Crippen molar-refractivity contribution in [1.82, 2.24) is 0 Å². The van der Waals surface area contributed by atoms with Crippen LogP contribution in [0, 0.1) is 11.3 Å². The van der Waals surface area contributed by atoms with Gasteiger partial charge in [-0.1, -0.05) is 34.8 Å². The third-order valence-corrected chi connectivity index (χ3v) is 2.53. The molecule has 78 valence electrons. The van der Waals surface area contributed by atoms with Gasteiger partial charge in [0.15, 0.2) is 0 Å². The minimum Gasteiger partial charge on any atom is -0.274 e. The Balaban J connectivity index is 3.02. The Morgan fingerprint density at radius 2 is 1.87 bits per heavy atom. The summed E-state index contributed by atoms with van der Waals surface area (Å²) in [5, 5.41) is 13.2. The van der Waals surface area contributed by atoms with E-state index in [-0.39, 0.29) is 4.62 Å². The van der Waals surface area contributed by atoms with Crippen LogP contribution >= 0.6 is 50.7 Å². The molecule has 0 fully saturated rings. The van der Waals surface area contributed by atoms with E-state index in [4.69, 9.17) is 40.1 Å². The molecule has 1 rings (SSSR count). The number of nitrogens with zero attached hydrogens (tertiary/aromatic N) is 2. The van der Waals surface area contributed by atoms with Gasteiger partial charge in [0.2, 0.25) is 4.62 Å². The number of halogens is 4. The molecule has 0 spiro atoms. The monoisotopic (exact) mass is 325 g/mol. The molecule has 3 nitrogen and oxygen atoms in total. The Morgan fingerprint density at radius 3 is 2.33 bits per heavy atom. The summed E-state index contributed by atoms with van der Waals surface area (Å²) in [4.78, 5) is 0. The number of benzene rings is 1. The molecule has 1 aromatic rings. The second kappa shape index (κ2) is 5.57. The summed E-state index contributed by atoms with van der Waals surface area (Å²) in [6.45, 7) is 0. The average molecular weight is 327 g/mol. The van der Waals surface area contributed by atoms with Crippen LogP contribution in [0.15, 0.2) is 17.2 Å². The first-order valence-corrected chi connectivity index (χ1v) is 5.51. The lowest BCUT2D eigenvalue weighted by molar-refractivity contribution is 1.35. The topological polar surface area (TPSA) is 48.2 Å². The number of anilines is 1. The third kappa shape index (κ3) is 3.54. The Bertz CT molecular complexity index is 430. The summed E-state index contributed by atoms with van der Waals surface area (Å²) in [5.74, 6) is 0. The second-order valence-electron chi connectivity index (χ2n) is 2.37. The van der Waals surface area contributed by atoms with Gasteiger partial charge >= 0.3 is 0 Å². The first-order chi connectivity index (χ1) is 7.04. The highest BCUT2D eigenvalue weighted by atomic mass is 79.9. The molecular formula is C8H3BrCl3N3. The Kier molecular flexibility index (Phi) is 4.68. The van der Waals surface area contributed by atoms with Crippen LogP contribution in [0.5, 0.6) is 0 Å². The van der Waals surface area contributed by atoms with Gasteiger partial charge in [-0.25, -0.2) is 0 Å². The van der Waals surface area contributed by atoms with Crippen LogP contribution in [0.4, 0.5) is 5.69 Å². The van der Waals surface area contributed by atoms with Crippen LogP contribution in [-0.4, -0.2) is 4.62 Å². The fraction of sp³-hybridized carbons (Fsp3) is 0. The molecule has 0 amide bonds. The molecule has 0 heterocycles. The van der Waals surface area contributed by atoms with Gasteiger partial charge in [0.25, 0.3) is 0 Å². The van der Waals surface area contributed by atoms with Crippen molar-refractivity contribution in [3.8, 4) is 6.07 Å². The van der Waals surface area contributed by atoms with Gasteiger partial charge in [0.1, 0.15) is 6.07 Å². The van der Waals surface area contributed by atoms with Crippen LogP contribution < -0.4 is 5.43 Å². The molecule has 0 aliphatic heterocycles. The van der Waals surface area contributed by atoms with Gasteiger partial charge in [-0.2, -0.15) is 10.4 Å². The first-order valence-electron chi connectivity index (χ1n) is 3.58. The van der Waals surface area contributed by atoms with Crippen LogP contribution in [0.1, 0.15) is 0 Å². The number of hydrazone groups is 1. The van der Waals surface area contributed by atoms with E-state index in [1.54, 1.807) is 6.07 Å². The minimum absolute atomic E-state index is 0.0876. The lowest BCUT2D eigenvalue weighted by Crippen LogP contribution is -1.94. The fourth-order valence-electron chi connectivity index (χ4n) is 0.779. The van der Waals surface area contributed by atoms with Gasteiger partial charge in [-0.05, 0) is 28.1 Å². The van der Waals surface area contributed by atoms with E-state index in [1.165, 1.54) is 12.1 Å². The molecule has 0 saturated carbocycles. The van der Waals surface area contributed by atoms with Crippen molar-refractivity contribution in [3.63, 3.8) is 0 Å². The summed E-state index contributed by atoms with van der Waals surface area (Å²) in [5.41, 5.74) is 2.95. The highest BCUT2D eigenvalue weighted by Crippen LogP contribution is 2.33. The maximum atomic E-state index is 8.44. The van der Waals surface area contributed by atoms with Crippen molar-refractivity contribution in [3.05, 3.63) is 27.2 Å². The Hall–Kier alpha value is -0.470. The number of hydrogen-bond acceptors (Lipinski definition) is 3. The Morgan fingerprint density at radius 1 is 1.33 bits per heavy atom. The Labute approximate surface area is 110 Å². The molecule has 0 aromatic heterocycles. The van der Waals surface area contributed by atoms with Gasteiger partial charge in [0, 0.05) is 5.02 Å². The number of nitrogens with one attached hydrogen (secondary N) is 1. The van der Waals surface area contributed by atoms with E-state index in [0.29, 0.717) is 20.8 Å². The lowest BCUT2D eigenvalue weighted by atomic mass is 10.3. The van der Waals surface area contributed by atoms with Gasteiger partial charge in [-0.3, -0.25) is 5.43 Å². The normalized spacial score (nSPS) is 11.0. The quantitative estimate of drug-likeness (QED) is 0.650. The van der Waals surface area contributed by atoms with Gasteiger partial charge in [0.05, 0.1) is 15.7 Å². The molecule has 0 atom stereocenters. The smallest absolute Gasteiger partial charge is 0.203 e. The molecule has 0 aliphatic carbocycles. The van der Waals surface area contributed by atoms with Gasteiger partial charge in [-0.15, -0.1) is 0 Å². The zero-order valence-corrected chi connectivity index (χ0v) is 10.9. The minimum atomic E-state index is 0.0876. The summed E-state index contributed by atoms with van der Waals surface area (Å²) >= 11 is 20.4. The molecule has 0 radical (unpaired) electrons. The summed E-state index contributed by atoms with van der Waals surface area (Å²) < 4.78 is 0.0876. The third-order valence-electron chi connectivity index (χ3n) is 1.37. The SMILES string of the molecule is N#C/C(Br)=N\Nc1c(Cl)cc(Cl)cc1Cl. The van der Waals surface area contributed by atoms with E-state index in [2.05, 4.69) is 26.5 Å². The van der Waals surface area contributed by atoms with Crippen LogP contribution in [0.3, 0.4) is 0 Å². The molecule has 0 bridgehead atoms. The zero-order valence-electron chi connectivity index (χ0n) is 7.06. The maximum absolute atomic E-state index is 8.44. The molecule has 1 N–H and O–H groups in total. The van der Waals surface area contributed by atoms with Crippen molar-refractivity contribution in [2.45, 2.75) is 0 Å². The summed E-state index contributed by atoms with van der Waals surface area (Å²) in [7, 11) is 0. The molecule has 0 unspecified atom stereocenters. The van der Waals surface area contributed by atoms with Crippen LogP contribution in [-0.2, 0) is 0 Å². The fourth-order valence-corrected chi connectivity index (χ4v) is 1.77. The highest BCUT2D eigenvalue weighted by Gasteiger charge is 2.06. The standard InChI is InChI=1S/C8H3BrCl3N3/c9-7(3-13)14-15-8-5(11)1-4(10)2-6(8)12/h1-2,15H/b14-7+. The highest BCUT2D eigenvalue weighted by molar-refractivity contribution is 9.18. The molecular weight excluding hydrogens is 324 g/mol. The molecule has 0 saturated heterocycles. The van der Waals surface area contributed by atoms with Crippen molar-refractivity contribution in [2.75, 3.05) is 5.43 Å². The predicted molar refractivity (Wildman–Crippen MR) is 67.1 cm³/mol. The lowest BCUT2D eigenvalue weighted by Gasteiger charge is -2.05. The second-order valence-corrected chi connectivity index (χ2v) is 4.37. The first kappa shape index (κ1) is 12.6. The van der Waals surface area contributed by atoms with Crippen LogP contribution in [0.2, 0.25) is 15.1 Å². The largest absolute Gasteiger partial charge is 0.274 e. The maximum Gasteiger partial charge on any atom is 0.203 e. The van der Waals surface area contributed by atoms with Crippen LogP contribution in [0.25, 0.3) is 0 Å². The summed E-state index contributed by atoms with van der Waals surface area (Å²) in [6, 6.07) is 4.82. The molecule has 1 aromatic carbocycles. The average Bonchev–Trinajstić information content (AvgIpc) is 2.15. The van der Waals surface area contributed by atoms with Crippen molar-refractivity contribution >= 4 is 61.0 Å². The van der Waals surface area contributed by atoms with Gasteiger partial charge < -0.3 is 0 Å². The number of rotatable bonds is 2. The van der Waals surface area contributed by atoms with Crippen molar-refractivity contribution < 1.29 is 0 Å². The zero-order chi connectivity index (χ0) is 11.4. The number of nitriles is 1. The molecule has 0 aliphatic rings. The van der Waals surface area contributed by atoms with E-state index < -0.39 is 0 Å². The molecule has 7 heteroatoms. The summed E-state index contributed by atoms with van der Waals surface area (Å²) in [6.07, 6.45) is 0. The predicted octanol–water partition coefficient (Wildman–Crippen LogP) is 4.29. The van der Waals surface area contributed by atoms with Crippen molar-refractivity contribution in [1.29, 1.82) is 5.26 Å². The molecule has 15 heavy (non-hydrogen) atoms. The van der Waals surface area contributed by atoms with E-state index in [0.717, 1.165) is 0 Å². The van der Waals surface area contributed by atoms with Crippen molar-refractivity contribution in [2.24, 2.45) is 5.10 Å². The van der Waals surface area contributed by atoms with E-state index in [1.807, 2.05) is 0 Å².